The Hall–Kier alpha value is -1.84. The average molecular weight is 288 g/mol. The van der Waals surface area contributed by atoms with Crippen LogP contribution in [0.3, 0.4) is 0 Å². The lowest BCUT2D eigenvalue weighted by Crippen LogP contribution is -2.42. The van der Waals surface area contributed by atoms with Gasteiger partial charge in [0.2, 0.25) is 11.8 Å². The fourth-order valence-electron chi connectivity index (χ4n) is 2.88. The van der Waals surface area contributed by atoms with Crippen LogP contribution in [0.25, 0.3) is 0 Å². The molecule has 0 aromatic heterocycles. The molecule has 0 atom stereocenters. The summed E-state index contributed by atoms with van der Waals surface area (Å²) in [6, 6.07) is 9.55. The molecule has 1 aliphatic rings. The molecule has 0 unspecified atom stereocenters. The molecule has 1 aromatic rings. The summed E-state index contributed by atoms with van der Waals surface area (Å²) in [5, 5.41) is 2.81. The summed E-state index contributed by atoms with van der Waals surface area (Å²) in [5.41, 5.74) is 0.872. The van der Waals surface area contributed by atoms with Crippen molar-refractivity contribution >= 4 is 17.5 Å². The van der Waals surface area contributed by atoms with Crippen LogP contribution in [0.1, 0.15) is 39.0 Å². The van der Waals surface area contributed by atoms with E-state index in [0.717, 1.165) is 31.4 Å². The lowest BCUT2D eigenvalue weighted by Gasteiger charge is -2.23. The van der Waals surface area contributed by atoms with Gasteiger partial charge in [-0.1, -0.05) is 37.5 Å². The summed E-state index contributed by atoms with van der Waals surface area (Å²) in [6.07, 6.45) is 5.38. The smallest absolute Gasteiger partial charge is 0.246 e. The lowest BCUT2D eigenvalue weighted by molar-refractivity contribution is -0.128. The Labute approximate surface area is 126 Å². The summed E-state index contributed by atoms with van der Waals surface area (Å²) >= 11 is 0. The van der Waals surface area contributed by atoms with E-state index in [1.807, 2.05) is 37.3 Å². The van der Waals surface area contributed by atoms with Crippen LogP contribution in [-0.4, -0.2) is 24.9 Å². The molecule has 0 saturated heterocycles. The van der Waals surface area contributed by atoms with E-state index in [-0.39, 0.29) is 24.3 Å². The van der Waals surface area contributed by atoms with Crippen LogP contribution in [0.4, 0.5) is 5.69 Å². The Morgan fingerprint density at radius 2 is 1.81 bits per heavy atom. The van der Waals surface area contributed by atoms with Crippen LogP contribution in [0.2, 0.25) is 0 Å². The van der Waals surface area contributed by atoms with Crippen molar-refractivity contribution < 1.29 is 9.59 Å². The van der Waals surface area contributed by atoms with Crippen molar-refractivity contribution in [2.75, 3.05) is 18.0 Å². The zero-order chi connectivity index (χ0) is 15.1. The molecule has 0 spiro atoms. The second kappa shape index (κ2) is 7.81. The molecule has 1 N–H and O–H groups in total. The molecule has 2 rings (SSSR count). The second-order valence-corrected chi connectivity index (χ2v) is 5.53. The molecule has 4 heteroatoms. The van der Waals surface area contributed by atoms with E-state index >= 15 is 0 Å². The molecule has 1 aliphatic carbocycles. The molecule has 0 bridgehead atoms. The van der Waals surface area contributed by atoms with E-state index in [1.54, 1.807) is 4.90 Å². The number of nitrogens with zero attached hydrogens (tertiary/aromatic N) is 1. The van der Waals surface area contributed by atoms with Gasteiger partial charge in [0.15, 0.2) is 0 Å². The Kier molecular flexibility index (Phi) is 5.78. The van der Waals surface area contributed by atoms with Crippen molar-refractivity contribution in [2.45, 2.75) is 39.0 Å². The third-order valence-corrected chi connectivity index (χ3v) is 4.07. The predicted octanol–water partition coefficient (Wildman–Crippen LogP) is 2.74. The van der Waals surface area contributed by atoms with E-state index in [0.29, 0.717) is 6.54 Å². The summed E-state index contributed by atoms with van der Waals surface area (Å²) < 4.78 is 0. The van der Waals surface area contributed by atoms with Gasteiger partial charge in [-0.15, -0.1) is 0 Å². The number of carbonyl (C=O) groups excluding carboxylic acids is 2. The fourth-order valence-corrected chi connectivity index (χ4v) is 2.88. The molecule has 1 aromatic carbocycles. The van der Waals surface area contributed by atoms with Crippen LogP contribution in [0.15, 0.2) is 30.3 Å². The highest BCUT2D eigenvalue weighted by Gasteiger charge is 2.22. The molecule has 0 radical (unpaired) electrons. The van der Waals surface area contributed by atoms with Crippen molar-refractivity contribution in [1.29, 1.82) is 0 Å². The highest BCUT2D eigenvalue weighted by Crippen LogP contribution is 2.23. The minimum atomic E-state index is -0.0622. The van der Waals surface area contributed by atoms with Gasteiger partial charge in [0.05, 0.1) is 6.54 Å². The highest BCUT2D eigenvalue weighted by molar-refractivity contribution is 5.96. The maximum Gasteiger partial charge on any atom is 0.246 e. The standard InChI is InChI=1S/C17H24N2O2/c1-2-19(15-11-7-4-8-12-15)16(20)13-18-17(21)14-9-5-3-6-10-14/h4,7-8,11-12,14H,2-3,5-6,9-10,13H2,1H3,(H,18,21). The third-order valence-electron chi connectivity index (χ3n) is 4.07. The second-order valence-electron chi connectivity index (χ2n) is 5.53. The largest absolute Gasteiger partial charge is 0.347 e. The number of nitrogens with one attached hydrogen (secondary N) is 1. The highest BCUT2D eigenvalue weighted by atomic mass is 16.2. The van der Waals surface area contributed by atoms with E-state index in [1.165, 1.54) is 6.42 Å². The molecule has 0 aliphatic heterocycles. The predicted molar refractivity (Wildman–Crippen MR) is 84.1 cm³/mol. The van der Waals surface area contributed by atoms with E-state index in [4.69, 9.17) is 0 Å². The number of hydrogen-bond donors (Lipinski definition) is 1. The normalized spacial score (nSPS) is 15.5. The monoisotopic (exact) mass is 288 g/mol. The maximum absolute atomic E-state index is 12.3. The lowest BCUT2D eigenvalue weighted by atomic mass is 9.89. The number of amides is 2. The average Bonchev–Trinajstić information content (AvgIpc) is 2.55. The molecule has 1 saturated carbocycles. The van der Waals surface area contributed by atoms with Gasteiger partial charge in [-0.05, 0) is 31.9 Å². The Morgan fingerprint density at radius 1 is 1.14 bits per heavy atom. The molecular weight excluding hydrogens is 264 g/mol. The topological polar surface area (TPSA) is 49.4 Å². The van der Waals surface area contributed by atoms with Crippen molar-refractivity contribution in [3.63, 3.8) is 0 Å². The van der Waals surface area contributed by atoms with Crippen LogP contribution in [0.5, 0.6) is 0 Å². The molecule has 1 fully saturated rings. The first-order chi connectivity index (χ1) is 10.2. The van der Waals surface area contributed by atoms with Crippen LogP contribution < -0.4 is 10.2 Å². The summed E-state index contributed by atoms with van der Waals surface area (Å²) in [7, 11) is 0. The molecule has 0 heterocycles. The number of rotatable bonds is 5. The van der Waals surface area contributed by atoms with Gasteiger partial charge < -0.3 is 10.2 Å². The van der Waals surface area contributed by atoms with E-state index in [9.17, 15) is 9.59 Å². The van der Waals surface area contributed by atoms with Crippen LogP contribution in [0, 0.1) is 5.92 Å². The van der Waals surface area contributed by atoms with Crippen molar-refractivity contribution in [2.24, 2.45) is 5.92 Å². The van der Waals surface area contributed by atoms with Crippen molar-refractivity contribution in [1.82, 2.24) is 5.32 Å². The quantitative estimate of drug-likeness (QED) is 0.905. The molecule has 2 amide bonds. The summed E-state index contributed by atoms with van der Waals surface area (Å²) in [4.78, 5) is 26.0. The third kappa shape index (κ3) is 4.31. The first-order valence-electron chi connectivity index (χ1n) is 7.85. The first-order valence-corrected chi connectivity index (χ1v) is 7.85. The number of likely N-dealkylation sites (N-methyl/N-ethyl adjacent to an activating group) is 1. The Morgan fingerprint density at radius 3 is 2.43 bits per heavy atom. The van der Waals surface area contributed by atoms with Gasteiger partial charge in [0, 0.05) is 18.2 Å². The molecule has 4 nitrogen and oxygen atoms in total. The fraction of sp³-hybridized carbons (Fsp3) is 0.529. The number of hydrogen-bond acceptors (Lipinski definition) is 2. The number of anilines is 1. The SMILES string of the molecule is CCN(C(=O)CNC(=O)C1CCCCC1)c1ccccc1. The van der Waals surface area contributed by atoms with Gasteiger partial charge in [-0.25, -0.2) is 0 Å². The van der Waals surface area contributed by atoms with Gasteiger partial charge in [-0.3, -0.25) is 9.59 Å². The van der Waals surface area contributed by atoms with Crippen LogP contribution >= 0.6 is 0 Å². The molecular formula is C17H24N2O2. The van der Waals surface area contributed by atoms with Crippen LogP contribution in [-0.2, 0) is 9.59 Å². The summed E-state index contributed by atoms with van der Waals surface area (Å²) in [5.74, 6) is 0.0679. The zero-order valence-corrected chi connectivity index (χ0v) is 12.7. The van der Waals surface area contributed by atoms with Gasteiger partial charge in [0.1, 0.15) is 0 Å². The minimum Gasteiger partial charge on any atom is -0.347 e. The minimum absolute atomic E-state index is 0.0344. The number of carbonyl (C=O) groups is 2. The maximum atomic E-state index is 12.3. The van der Waals surface area contributed by atoms with Gasteiger partial charge >= 0.3 is 0 Å². The zero-order valence-electron chi connectivity index (χ0n) is 12.7. The van der Waals surface area contributed by atoms with Crippen molar-refractivity contribution in [3.05, 3.63) is 30.3 Å². The van der Waals surface area contributed by atoms with Crippen molar-refractivity contribution in [3.8, 4) is 0 Å². The Balaban J connectivity index is 1.86. The van der Waals surface area contributed by atoms with Gasteiger partial charge in [0.25, 0.3) is 0 Å². The van der Waals surface area contributed by atoms with E-state index < -0.39 is 0 Å². The number of para-hydroxylation sites is 1. The Bertz CT molecular complexity index is 467. The number of benzene rings is 1. The van der Waals surface area contributed by atoms with Gasteiger partial charge in [-0.2, -0.15) is 0 Å². The summed E-state index contributed by atoms with van der Waals surface area (Å²) in [6.45, 7) is 2.62. The first kappa shape index (κ1) is 15.5. The molecule has 114 valence electrons. The molecule has 21 heavy (non-hydrogen) atoms. The van der Waals surface area contributed by atoms with E-state index in [2.05, 4.69) is 5.32 Å².